The minimum absolute atomic E-state index is 0.144. The topological polar surface area (TPSA) is 52.6 Å². The van der Waals surface area contributed by atoms with Crippen LogP contribution >= 0.6 is 0 Å². The van der Waals surface area contributed by atoms with Crippen LogP contribution in [0.1, 0.15) is 33.6 Å². The highest BCUT2D eigenvalue weighted by Gasteiger charge is 2.40. The second-order valence-electron chi connectivity index (χ2n) is 5.18. The standard InChI is InChI=1S/C15H17F3O4/c1-4-5-8-21-13(19)15(2,3)14(20)22-10-7-6-9(16)11(17)12(10)18/h6-7H,4-5,8H2,1-3H3. The highest BCUT2D eigenvalue weighted by molar-refractivity contribution is 5.99. The summed E-state index contributed by atoms with van der Waals surface area (Å²) in [7, 11) is 0. The first-order chi connectivity index (χ1) is 10.2. The molecule has 1 aromatic carbocycles. The summed E-state index contributed by atoms with van der Waals surface area (Å²) in [6.07, 6.45) is 1.44. The first-order valence-electron chi connectivity index (χ1n) is 6.74. The number of carbonyl (C=O) groups is 2. The maximum Gasteiger partial charge on any atom is 0.328 e. The van der Waals surface area contributed by atoms with Gasteiger partial charge in [0.1, 0.15) is 0 Å². The van der Waals surface area contributed by atoms with Crippen molar-refractivity contribution >= 4 is 11.9 Å². The lowest BCUT2D eigenvalue weighted by Crippen LogP contribution is -2.38. The van der Waals surface area contributed by atoms with Crippen LogP contribution in [0.5, 0.6) is 5.75 Å². The van der Waals surface area contributed by atoms with Crippen molar-refractivity contribution in [2.24, 2.45) is 5.41 Å². The second kappa shape index (κ2) is 7.29. The van der Waals surface area contributed by atoms with Crippen molar-refractivity contribution in [3.63, 3.8) is 0 Å². The molecule has 0 saturated carbocycles. The number of rotatable bonds is 6. The van der Waals surface area contributed by atoms with Gasteiger partial charge < -0.3 is 9.47 Å². The van der Waals surface area contributed by atoms with Crippen molar-refractivity contribution in [1.82, 2.24) is 0 Å². The van der Waals surface area contributed by atoms with Gasteiger partial charge in [0.05, 0.1) is 6.61 Å². The summed E-state index contributed by atoms with van der Waals surface area (Å²) in [6.45, 7) is 4.52. The van der Waals surface area contributed by atoms with Gasteiger partial charge in [-0.15, -0.1) is 0 Å². The van der Waals surface area contributed by atoms with E-state index in [4.69, 9.17) is 4.74 Å². The number of benzene rings is 1. The lowest BCUT2D eigenvalue weighted by atomic mass is 9.94. The van der Waals surface area contributed by atoms with E-state index in [2.05, 4.69) is 4.74 Å². The minimum atomic E-state index is -1.76. The molecule has 0 heterocycles. The Hall–Kier alpha value is -2.05. The van der Waals surface area contributed by atoms with Crippen LogP contribution in [0.4, 0.5) is 13.2 Å². The van der Waals surface area contributed by atoms with Crippen LogP contribution in [-0.4, -0.2) is 18.5 Å². The molecule has 0 aliphatic rings. The number of ether oxygens (including phenoxy) is 2. The second-order valence-corrected chi connectivity index (χ2v) is 5.18. The van der Waals surface area contributed by atoms with E-state index in [9.17, 15) is 22.8 Å². The molecule has 0 atom stereocenters. The Morgan fingerprint density at radius 1 is 1.09 bits per heavy atom. The Kier molecular flexibility index (Phi) is 5.96. The summed E-state index contributed by atoms with van der Waals surface area (Å²) >= 11 is 0. The number of hydrogen-bond acceptors (Lipinski definition) is 4. The first kappa shape index (κ1) is 18.0. The first-order valence-corrected chi connectivity index (χ1v) is 6.74. The average Bonchev–Trinajstić information content (AvgIpc) is 2.47. The van der Waals surface area contributed by atoms with Crippen molar-refractivity contribution in [3.8, 4) is 5.75 Å². The van der Waals surface area contributed by atoms with Crippen LogP contribution in [-0.2, 0) is 14.3 Å². The summed E-state index contributed by atoms with van der Waals surface area (Å²) in [5, 5.41) is 0. The van der Waals surface area contributed by atoms with E-state index in [0.717, 1.165) is 12.5 Å². The molecule has 0 aliphatic heterocycles. The zero-order valence-electron chi connectivity index (χ0n) is 12.5. The molecular formula is C15H17F3O4. The van der Waals surface area contributed by atoms with Crippen molar-refractivity contribution in [1.29, 1.82) is 0 Å². The van der Waals surface area contributed by atoms with E-state index in [1.54, 1.807) is 0 Å². The quantitative estimate of drug-likeness (QED) is 0.265. The lowest BCUT2D eigenvalue weighted by molar-refractivity contribution is -0.164. The molecule has 22 heavy (non-hydrogen) atoms. The Balaban J connectivity index is 2.83. The van der Waals surface area contributed by atoms with Crippen LogP contribution in [0.2, 0.25) is 0 Å². The van der Waals surface area contributed by atoms with Gasteiger partial charge in [-0.1, -0.05) is 13.3 Å². The Morgan fingerprint density at radius 2 is 1.73 bits per heavy atom. The largest absolute Gasteiger partial charge is 0.465 e. The van der Waals surface area contributed by atoms with Crippen molar-refractivity contribution in [2.45, 2.75) is 33.6 Å². The molecule has 0 aromatic heterocycles. The molecule has 0 amide bonds. The maximum absolute atomic E-state index is 13.5. The third kappa shape index (κ3) is 3.99. The summed E-state index contributed by atoms with van der Waals surface area (Å²) in [5.74, 6) is -7.56. The number of halogens is 3. The predicted octanol–water partition coefficient (Wildman–Crippen LogP) is 3.38. The van der Waals surface area contributed by atoms with E-state index in [-0.39, 0.29) is 6.61 Å². The molecule has 0 radical (unpaired) electrons. The van der Waals surface area contributed by atoms with Crippen molar-refractivity contribution in [3.05, 3.63) is 29.6 Å². The van der Waals surface area contributed by atoms with Crippen LogP contribution in [0.15, 0.2) is 12.1 Å². The van der Waals surface area contributed by atoms with Crippen LogP contribution in [0.25, 0.3) is 0 Å². The van der Waals surface area contributed by atoms with Crippen molar-refractivity contribution < 1.29 is 32.2 Å². The Bertz CT molecular complexity index is 570. The molecule has 0 saturated heterocycles. The van der Waals surface area contributed by atoms with Gasteiger partial charge in [0.15, 0.2) is 22.8 Å². The fourth-order valence-corrected chi connectivity index (χ4v) is 1.39. The van der Waals surface area contributed by atoms with Gasteiger partial charge in [-0.3, -0.25) is 9.59 Å². The lowest BCUT2D eigenvalue weighted by Gasteiger charge is -2.20. The highest BCUT2D eigenvalue weighted by atomic mass is 19.2. The fourth-order valence-electron chi connectivity index (χ4n) is 1.39. The Labute approximate surface area is 126 Å². The SMILES string of the molecule is CCCCOC(=O)C(C)(C)C(=O)Oc1ccc(F)c(F)c1F. The van der Waals surface area contributed by atoms with Crippen molar-refractivity contribution in [2.75, 3.05) is 6.61 Å². The molecule has 0 bridgehead atoms. The van der Waals surface area contributed by atoms with E-state index < -0.39 is 40.6 Å². The molecular weight excluding hydrogens is 301 g/mol. The minimum Gasteiger partial charge on any atom is -0.465 e. The van der Waals surface area contributed by atoms with E-state index in [1.807, 2.05) is 6.92 Å². The van der Waals surface area contributed by atoms with Gasteiger partial charge >= 0.3 is 11.9 Å². The molecule has 0 spiro atoms. The smallest absolute Gasteiger partial charge is 0.328 e. The number of unbranched alkanes of at least 4 members (excludes halogenated alkanes) is 1. The number of carbonyl (C=O) groups excluding carboxylic acids is 2. The molecule has 7 heteroatoms. The van der Waals surface area contributed by atoms with Gasteiger partial charge in [0, 0.05) is 0 Å². The zero-order chi connectivity index (χ0) is 16.9. The third-order valence-electron chi connectivity index (χ3n) is 2.95. The molecule has 1 rings (SSSR count). The normalized spacial score (nSPS) is 11.2. The fraction of sp³-hybridized carbons (Fsp3) is 0.467. The molecule has 0 unspecified atom stereocenters. The number of esters is 2. The average molecular weight is 318 g/mol. The van der Waals surface area contributed by atoms with E-state index in [1.165, 1.54) is 13.8 Å². The molecule has 0 aliphatic carbocycles. The van der Waals surface area contributed by atoms with E-state index >= 15 is 0 Å². The van der Waals surface area contributed by atoms with Crippen LogP contribution in [0.3, 0.4) is 0 Å². The highest BCUT2D eigenvalue weighted by Crippen LogP contribution is 2.26. The molecule has 122 valence electrons. The monoisotopic (exact) mass is 318 g/mol. The van der Waals surface area contributed by atoms with Gasteiger partial charge in [-0.05, 0) is 32.4 Å². The van der Waals surface area contributed by atoms with E-state index in [0.29, 0.717) is 12.5 Å². The number of hydrogen-bond donors (Lipinski definition) is 0. The summed E-state index contributed by atoms with van der Waals surface area (Å²) in [4.78, 5) is 23.8. The summed E-state index contributed by atoms with van der Waals surface area (Å²) in [6, 6.07) is 1.39. The van der Waals surface area contributed by atoms with Gasteiger partial charge in [0.25, 0.3) is 0 Å². The van der Waals surface area contributed by atoms with Gasteiger partial charge in [-0.2, -0.15) is 4.39 Å². The Morgan fingerprint density at radius 3 is 2.32 bits per heavy atom. The van der Waals surface area contributed by atoms with Gasteiger partial charge in [-0.25, -0.2) is 8.78 Å². The summed E-state index contributed by atoms with van der Waals surface area (Å²) < 4.78 is 48.9. The predicted molar refractivity (Wildman–Crippen MR) is 71.6 cm³/mol. The van der Waals surface area contributed by atoms with Crippen LogP contribution in [0, 0.1) is 22.9 Å². The molecule has 4 nitrogen and oxygen atoms in total. The van der Waals surface area contributed by atoms with Crippen LogP contribution < -0.4 is 4.74 Å². The maximum atomic E-state index is 13.5. The zero-order valence-corrected chi connectivity index (χ0v) is 12.5. The molecule has 0 fully saturated rings. The molecule has 1 aromatic rings. The third-order valence-corrected chi connectivity index (χ3v) is 2.95. The molecule has 0 N–H and O–H groups in total. The van der Waals surface area contributed by atoms with Gasteiger partial charge in [0.2, 0.25) is 5.82 Å². The summed E-state index contributed by atoms with van der Waals surface area (Å²) in [5.41, 5.74) is -1.70.